The molecule has 0 fully saturated rings. The molecule has 0 amide bonds. The first-order chi connectivity index (χ1) is 4.42. The smallest absolute Gasteiger partial charge is 1.00 e. The van der Waals surface area contributed by atoms with Gasteiger partial charge in [0.05, 0.1) is 21.1 Å². The van der Waals surface area contributed by atoms with Crippen LogP contribution in [0.3, 0.4) is 0 Å². The third-order valence-corrected chi connectivity index (χ3v) is 1.07. The molecule has 0 N–H and O–H groups in total. The minimum atomic E-state index is -0.201. The summed E-state index contributed by atoms with van der Waals surface area (Å²) in [5, 5.41) is 0. The van der Waals surface area contributed by atoms with Crippen LogP contribution in [-0.2, 0) is 9.53 Å². The Hall–Kier alpha value is 1.00. The zero-order valence-corrected chi connectivity index (χ0v) is 12.3. The number of carbonyl (C=O) groups is 1. The Morgan fingerprint density at radius 2 is 1.91 bits per heavy atom. The zero-order valence-electron chi connectivity index (χ0n) is 9.89. The van der Waals surface area contributed by atoms with Crippen LogP contribution in [0.2, 0.25) is 0 Å². The summed E-state index contributed by atoms with van der Waals surface area (Å²) in [6.45, 7) is 2.80. The van der Waals surface area contributed by atoms with E-state index in [1.807, 2.05) is 0 Å². The van der Waals surface area contributed by atoms with E-state index in [1.54, 1.807) is 0 Å². The summed E-state index contributed by atoms with van der Waals surface area (Å²) in [6, 6.07) is 0. The Morgan fingerprint density at radius 1 is 1.45 bits per heavy atom. The van der Waals surface area contributed by atoms with Gasteiger partial charge in [0, 0.05) is 6.92 Å². The van der Waals surface area contributed by atoms with Crippen molar-refractivity contribution >= 4 is 54.9 Å². The van der Waals surface area contributed by atoms with Crippen LogP contribution in [0.15, 0.2) is 0 Å². The molecule has 0 aromatic heterocycles. The molecule has 0 unspecified atom stereocenters. The van der Waals surface area contributed by atoms with Gasteiger partial charge in [-0.05, 0) is 0 Å². The Labute approximate surface area is 112 Å². The molecule has 0 radical (unpaired) electrons. The van der Waals surface area contributed by atoms with Gasteiger partial charge in [0.2, 0.25) is 0 Å². The Morgan fingerprint density at radius 3 is 2.18 bits per heavy atom. The average Bonchev–Trinajstić information content (AvgIpc) is 1.59. The van der Waals surface area contributed by atoms with E-state index in [9.17, 15) is 4.79 Å². The van der Waals surface area contributed by atoms with Crippen LogP contribution in [0.4, 0.5) is 0 Å². The summed E-state index contributed by atoms with van der Waals surface area (Å²) in [7, 11) is 6.18. The van der Waals surface area contributed by atoms with E-state index < -0.39 is 0 Å². The Bertz CT molecular complexity index is 128. The van der Waals surface area contributed by atoms with Crippen LogP contribution >= 0.6 is 0 Å². The molecule has 0 aromatic carbocycles. The summed E-state index contributed by atoms with van der Waals surface area (Å²) in [4.78, 5) is 10.3. The molecule has 4 heteroatoms. The predicted molar refractivity (Wildman–Crippen MR) is 47.5 cm³/mol. The third kappa shape index (κ3) is 13.9. The number of esters is 1. The van der Waals surface area contributed by atoms with E-state index in [-0.39, 0.29) is 57.7 Å². The fourth-order valence-corrected chi connectivity index (χ4v) is 0.463. The van der Waals surface area contributed by atoms with Gasteiger partial charge in [-0.15, -0.1) is 0 Å². The minimum absolute atomic E-state index is 0. The average molecular weight is 286 g/mol. The van der Waals surface area contributed by atoms with Crippen molar-refractivity contribution in [1.29, 1.82) is 0 Å². The molecule has 64 valence electrons. The Balaban J connectivity index is -0.000000135. The van der Waals surface area contributed by atoms with Gasteiger partial charge in [-0.25, -0.2) is 0 Å². The van der Waals surface area contributed by atoms with E-state index >= 15 is 0 Å². The first-order valence-electron chi connectivity index (χ1n) is 3.35. The van der Waals surface area contributed by atoms with Crippen LogP contribution < -0.4 is 0 Å². The molecule has 0 spiro atoms. The number of hydrogen-bond donors (Lipinski definition) is 0. The quantitative estimate of drug-likeness (QED) is 0.418. The minimum Gasteiger partial charge on any atom is -1.00 e. The van der Waals surface area contributed by atoms with Crippen molar-refractivity contribution in [3.63, 3.8) is 0 Å². The van der Waals surface area contributed by atoms with E-state index in [1.165, 1.54) is 6.92 Å². The first-order valence-corrected chi connectivity index (χ1v) is 3.35. The van der Waals surface area contributed by atoms with Gasteiger partial charge in [0.25, 0.3) is 0 Å². The SMILES string of the molecule is CC(=O)OCC[N+](C)(C)C.[Ba+2].[H-].[H-]. The van der Waals surface area contributed by atoms with Crippen LogP contribution in [0.1, 0.15) is 9.78 Å². The summed E-state index contributed by atoms with van der Waals surface area (Å²) in [6.07, 6.45) is 0. The maximum Gasteiger partial charge on any atom is 2.00 e. The molecule has 0 rings (SSSR count). The molecule has 0 saturated heterocycles. The maximum absolute atomic E-state index is 10.3. The van der Waals surface area contributed by atoms with E-state index in [4.69, 9.17) is 4.74 Å². The molecule has 0 aromatic rings. The van der Waals surface area contributed by atoms with Crippen LogP contribution in [-0.4, -0.2) is 93.6 Å². The van der Waals surface area contributed by atoms with Crippen LogP contribution in [0.25, 0.3) is 0 Å². The number of likely N-dealkylation sites (N-methyl/N-ethyl adjacent to an activating group) is 1. The van der Waals surface area contributed by atoms with E-state index in [0.29, 0.717) is 6.61 Å². The largest absolute Gasteiger partial charge is 2.00 e. The molecule has 0 saturated carbocycles. The fraction of sp³-hybridized carbons (Fsp3) is 0.857. The standard InChI is InChI=1S/C7H16NO2.Ba.2H/c1-7(9)10-6-5-8(2,3)4;;;/h5-6H2,1-4H3;;;/q+1;+2;2*-1. The fourth-order valence-electron chi connectivity index (χ4n) is 0.463. The van der Waals surface area contributed by atoms with Crippen molar-refractivity contribution in [2.24, 2.45) is 0 Å². The second kappa shape index (κ2) is 6.51. The second-order valence-corrected chi connectivity index (χ2v) is 3.35. The van der Waals surface area contributed by atoms with E-state index in [2.05, 4.69) is 21.1 Å². The number of rotatable bonds is 3. The molecular formula is C7H18BaNO2+. The van der Waals surface area contributed by atoms with Crippen molar-refractivity contribution in [2.75, 3.05) is 34.3 Å². The van der Waals surface area contributed by atoms with Crippen molar-refractivity contribution in [1.82, 2.24) is 0 Å². The van der Waals surface area contributed by atoms with Crippen molar-refractivity contribution in [3.8, 4) is 0 Å². The number of hydrogen-bond acceptors (Lipinski definition) is 2. The van der Waals surface area contributed by atoms with Gasteiger partial charge in [0.1, 0.15) is 13.2 Å². The predicted octanol–water partition coefficient (Wildman–Crippen LogP) is 0.0999. The first kappa shape index (κ1) is 14.5. The summed E-state index contributed by atoms with van der Waals surface area (Å²) in [5.41, 5.74) is 0. The zero-order chi connectivity index (χ0) is 8.20. The normalized spacial score (nSPS) is 10.2. The van der Waals surface area contributed by atoms with Gasteiger partial charge in [-0.3, -0.25) is 4.79 Å². The molecule has 0 aliphatic heterocycles. The monoisotopic (exact) mass is 286 g/mol. The molecule has 3 nitrogen and oxygen atoms in total. The van der Waals surface area contributed by atoms with Crippen molar-refractivity contribution in [3.05, 3.63) is 0 Å². The van der Waals surface area contributed by atoms with Crippen molar-refractivity contribution < 1.29 is 16.9 Å². The molecule has 0 aliphatic carbocycles. The summed E-state index contributed by atoms with van der Waals surface area (Å²) >= 11 is 0. The van der Waals surface area contributed by atoms with Gasteiger partial charge in [-0.2, -0.15) is 0 Å². The molecule has 0 aliphatic rings. The molecular weight excluding hydrogens is 267 g/mol. The van der Waals surface area contributed by atoms with Gasteiger partial charge in [-0.1, -0.05) is 0 Å². The topological polar surface area (TPSA) is 26.3 Å². The number of ether oxygens (including phenoxy) is 1. The van der Waals surface area contributed by atoms with E-state index in [0.717, 1.165) is 11.0 Å². The third-order valence-electron chi connectivity index (χ3n) is 1.07. The molecule has 11 heavy (non-hydrogen) atoms. The molecule has 0 heterocycles. The van der Waals surface area contributed by atoms with Crippen LogP contribution in [0.5, 0.6) is 0 Å². The number of nitrogens with zero attached hydrogens (tertiary/aromatic N) is 1. The van der Waals surface area contributed by atoms with Gasteiger partial charge < -0.3 is 12.1 Å². The van der Waals surface area contributed by atoms with Gasteiger partial charge >= 0.3 is 54.9 Å². The van der Waals surface area contributed by atoms with Crippen LogP contribution in [0, 0.1) is 0 Å². The summed E-state index contributed by atoms with van der Waals surface area (Å²) in [5.74, 6) is -0.201. The van der Waals surface area contributed by atoms with Gasteiger partial charge in [0.15, 0.2) is 0 Å². The molecule has 0 bridgehead atoms. The number of quaternary nitrogens is 1. The van der Waals surface area contributed by atoms with Crippen molar-refractivity contribution in [2.45, 2.75) is 6.92 Å². The Kier molecular flexibility index (Phi) is 8.59. The summed E-state index contributed by atoms with van der Waals surface area (Å²) < 4.78 is 5.59. The second-order valence-electron chi connectivity index (χ2n) is 3.35. The maximum atomic E-state index is 10.3. The number of carbonyl (C=O) groups excluding carboxylic acids is 1. The molecule has 0 atom stereocenters.